The summed E-state index contributed by atoms with van der Waals surface area (Å²) in [5.74, 6) is 0.358. The van der Waals surface area contributed by atoms with E-state index < -0.39 is 16.1 Å². The highest BCUT2D eigenvalue weighted by Crippen LogP contribution is 2.25. The minimum Gasteiger partial charge on any atom is -0.491 e. The zero-order valence-electron chi connectivity index (χ0n) is 17.3. The summed E-state index contributed by atoms with van der Waals surface area (Å²) in [5.41, 5.74) is 1.38. The van der Waals surface area contributed by atoms with Crippen LogP contribution in [0.2, 0.25) is 0 Å². The molecule has 30 heavy (non-hydrogen) atoms. The second-order valence-corrected chi connectivity index (χ2v) is 9.05. The number of anilines is 1. The van der Waals surface area contributed by atoms with E-state index in [2.05, 4.69) is 5.32 Å². The molecule has 0 radical (unpaired) electrons. The van der Waals surface area contributed by atoms with Crippen molar-refractivity contribution in [2.45, 2.75) is 19.9 Å². The fourth-order valence-corrected chi connectivity index (χ4v) is 4.55. The molecular weight excluding hydrogens is 400 g/mol. The van der Waals surface area contributed by atoms with Crippen LogP contribution in [0, 0.1) is 6.92 Å². The molecule has 0 spiro atoms. The Morgan fingerprint density at radius 3 is 2.50 bits per heavy atom. The van der Waals surface area contributed by atoms with Crippen LogP contribution in [0.25, 0.3) is 10.8 Å². The second kappa shape index (κ2) is 9.17. The number of nitrogens with one attached hydrogen (secondary N) is 1. The van der Waals surface area contributed by atoms with Crippen molar-refractivity contribution in [1.29, 1.82) is 0 Å². The van der Waals surface area contributed by atoms with Crippen LogP contribution in [0.3, 0.4) is 0 Å². The van der Waals surface area contributed by atoms with Crippen LogP contribution in [0.1, 0.15) is 12.5 Å². The van der Waals surface area contributed by atoms with Gasteiger partial charge in [0.2, 0.25) is 15.9 Å². The molecule has 0 aromatic heterocycles. The van der Waals surface area contributed by atoms with E-state index in [4.69, 9.17) is 4.74 Å². The summed E-state index contributed by atoms with van der Waals surface area (Å²) in [7, 11) is -3.64. The number of carbonyl (C=O) groups is 1. The fourth-order valence-electron chi connectivity index (χ4n) is 3.38. The molecule has 3 aromatic carbocycles. The fraction of sp³-hybridized carbons (Fsp3) is 0.261. The quantitative estimate of drug-likeness (QED) is 0.560. The van der Waals surface area contributed by atoms with Crippen molar-refractivity contribution in [3.05, 3.63) is 72.3 Å². The summed E-state index contributed by atoms with van der Waals surface area (Å²) >= 11 is 0. The van der Waals surface area contributed by atoms with Gasteiger partial charge in [0.15, 0.2) is 0 Å². The van der Waals surface area contributed by atoms with Crippen molar-refractivity contribution in [2.75, 3.05) is 23.7 Å². The van der Waals surface area contributed by atoms with Crippen molar-refractivity contribution in [3.63, 3.8) is 0 Å². The third kappa shape index (κ3) is 5.10. The van der Waals surface area contributed by atoms with Gasteiger partial charge in [-0.25, -0.2) is 8.42 Å². The van der Waals surface area contributed by atoms with Gasteiger partial charge < -0.3 is 10.1 Å². The van der Waals surface area contributed by atoms with Gasteiger partial charge in [0, 0.05) is 5.39 Å². The Balaban J connectivity index is 1.63. The molecule has 1 amide bonds. The van der Waals surface area contributed by atoms with Gasteiger partial charge >= 0.3 is 0 Å². The summed E-state index contributed by atoms with van der Waals surface area (Å²) < 4.78 is 31.7. The predicted octanol–water partition coefficient (Wildman–Crippen LogP) is 3.50. The van der Waals surface area contributed by atoms with Crippen LogP contribution in [0.15, 0.2) is 66.7 Å². The maximum absolute atomic E-state index is 12.6. The molecule has 7 heteroatoms. The number of hydrogen-bond acceptors (Lipinski definition) is 4. The standard InChI is InChI=1S/C23H26N2O4S/c1-17-8-6-11-20(16-17)25(30(3,27)28)18(2)23(26)24-14-15-29-22-13-7-10-19-9-4-5-12-21(19)22/h4-13,16,18H,14-15H2,1-3H3,(H,24,26). The molecular formula is C23H26N2O4S. The number of nitrogens with zero attached hydrogens (tertiary/aromatic N) is 1. The van der Waals surface area contributed by atoms with Gasteiger partial charge in [-0.3, -0.25) is 9.10 Å². The Labute approximate surface area is 177 Å². The van der Waals surface area contributed by atoms with Crippen molar-refractivity contribution in [2.24, 2.45) is 0 Å². The molecule has 0 heterocycles. The van der Waals surface area contributed by atoms with E-state index in [0.29, 0.717) is 5.69 Å². The van der Waals surface area contributed by atoms with E-state index in [1.54, 1.807) is 25.1 Å². The van der Waals surface area contributed by atoms with Gasteiger partial charge in [-0.15, -0.1) is 0 Å². The number of sulfonamides is 1. The molecule has 158 valence electrons. The monoisotopic (exact) mass is 426 g/mol. The lowest BCUT2D eigenvalue weighted by Crippen LogP contribution is -2.48. The Kier molecular flexibility index (Phi) is 6.62. The smallest absolute Gasteiger partial charge is 0.243 e. The number of benzene rings is 3. The first-order valence-corrected chi connectivity index (χ1v) is 11.6. The number of aryl methyl sites for hydroxylation is 1. The zero-order valence-corrected chi connectivity index (χ0v) is 18.1. The maximum atomic E-state index is 12.6. The highest BCUT2D eigenvalue weighted by molar-refractivity contribution is 7.92. The van der Waals surface area contributed by atoms with E-state index in [1.165, 1.54) is 0 Å². The number of amides is 1. The van der Waals surface area contributed by atoms with E-state index in [0.717, 1.165) is 32.6 Å². The molecule has 0 aliphatic heterocycles. The third-order valence-electron chi connectivity index (χ3n) is 4.75. The van der Waals surface area contributed by atoms with Gasteiger partial charge in [0.1, 0.15) is 18.4 Å². The van der Waals surface area contributed by atoms with Crippen molar-refractivity contribution >= 4 is 32.4 Å². The van der Waals surface area contributed by atoms with Crippen LogP contribution in [-0.2, 0) is 14.8 Å². The van der Waals surface area contributed by atoms with Crippen LogP contribution in [-0.4, -0.2) is 39.8 Å². The first-order valence-electron chi connectivity index (χ1n) is 9.72. The van der Waals surface area contributed by atoms with Crippen LogP contribution >= 0.6 is 0 Å². The van der Waals surface area contributed by atoms with E-state index >= 15 is 0 Å². The van der Waals surface area contributed by atoms with Gasteiger partial charge in [-0.05, 0) is 43.0 Å². The van der Waals surface area contributed by atoms with Gasteiger partial charge in [0.05, 0.1) is 18.5 Å². The van der Waals surface area contributed by atoms with Gasteiger partial charge in [-0.1, -0.05) is 48.5 Å². The first kappa shape index (κ1) is 21.6. The second-order valence-electron chi connectivity index (χ2n) is 7.19. The summed E-state index contributed by atoms with van der Waals surface area (Å²) in [5, 5.41) is 4.85. The molecule has 0 saturated carbocycles. The number of ether oxygens (including phenoxy) is 1. The molecule has 0 fully saturated rings. The highest BCUT2D eigenvalue weighted by Gasteiger charge is 2.28. The minimum absolute atomic E-state index is 0.262. The molecule has 1 unspecified atom stereocenters. The zero-order chi connectivity index (χ0) is 21.7. The lowest BCUT2D eigenvalue weighted by molar-refractivity contribution is -0.121. The van der Waals surface area contributed by atoms with Crippen molar-refractivity contribution in [1.82, 2.24) is 5.32 Å². The molecule has 0 saturated heterocycles. The molecule has 0 aliphatic carbocycles. The number of carbonyl (C=O) groups excluding carboxylic acids is 1. The Bertz CT molecular complexity index is 1140. The molecule has 0 bridgehead atoms. The number of rotatable bonds is 8. The minimum atomic E-state index is -3.64. The van der Waals surface area contributed by atoms with E-state index in [9.17, 15) is 13.2 Å². The van der Waals surface area contributed by atoms with Crippen molar-refractivity contribution < 1.29 is 17.9 Å². The van der Waals surface area contributed by atoms with Gasteiger partial charge in [0.25, 0.3) is 0 Å². The summed E-state index contributed by atoms with van der Waals surface area (Å²) in [4.78, 5) is 12.6. The Hall–Kier alpha value is -3.06. The molecule has 6 nitrogen and oxygen atoms in total. The van der Waals surface area contributed by atoms with E-state index in [1.807, 2.05) is 55.5 Å². The predicted molar refractivity (Wildman–Crippen MR) is 120 cm³/mol. The lowest BCUT2D eigenvalue weighted by atomic mass is 10.1. The molecule has 3 aromatic rings. The van der Waals surface area contributed by atoms with Crippen LogP contribution in [0.4, 0.5) is 5.69 Å². The van der Waals surface area contributed by atoms with Crippen molar-refractivity contribution in [3.8, 4) is 5.75 Å². The average Bonchev–Trinajstić information content (AvgIpc) is 2.70. The summed E-state index contributed by atoms with van der Waals surface area (Å²) in [6, 6.07) is 19.9. The molecule has 1 atom stereocenters. The van der Waals surface area contributed by atoms with E-state index in [-0.39, 0.29) is 19.1 Å². The maximum Gasteiger partial charge on any atom is 0.243 e. The third-order valence-corrected chi connectivity index (χ3v) is 5.99. The molecule has 1 N–H and O–H groups in total. The highest BCUT2D eigenvalue weighted by atomic mass is 32.2. The SMILES string of the molecule is Cc1cccc(N(C(C)C(=O)NCCOc2cccc3ccccc23)S(C)(=O)=O)c1. The Morgan fingerprint density at radius 2 is 1.77 bits per heavy atom. The Morgan fingerprint density at radius 1 is 1.07 bits per heavy atom. The molecule has 0 aliphatic rings. The topological polar surface area (TPSA) is 75.7 Å². The normalized spacial score (nSPS) is 12.4. The van der Waals surface area contributed by atoms with Gasteiger partial charge in [-0.2, -0.15) is 0 Å². The average molecular weight is 427 g/mol. The summed E-state index contributed by atoms with van der Waals surface area (Å²) in [6.45, 7) is 3.98. The number of fused-ring (bicyclic) bond motifs is 1. The number of hydrogen-bond donors (Lipinski definition) is 1. The molecule has 3 rings (SSSR count). The van der Waals surface area contributed by atoms with Crippen LogP contribution in [0.5, 0.6) is 5.75 Å². The first-order chi connectivity index (χ1) is 14.3. The van der Waals surface area contributed by atoms with Crippen LogP contribution < -0.4 is 14.4 Å². The largest absolute Gasteiger partial charge is 0.491 e. The lowest BCUT2D eigenvalue weighted by Gasteiger charge is -2.28. The summed E-state index contributed by atoms with van der Waals surface area (Å²) in [6.07, 6.45) is 1.10.